The Morgan fingerprint density at radius 3 is 2.59 bits per heavy atom. The van der Waals surface area contributed by atoms with Gasteiger partial charge in [0.05, 0.1) is 15.4 Å². The van der Waals surface area contributed by atoms with Gasteiger partial charge in [-0.25, -0.2) is 18.2 Å². The lowest BCUT2D eigenvalue weighted by atomic mass is 10.2. The van der Waals surface area contributed by atoms with E-state index in [-0.39, 0.29) is 33.7 Å². The highest BCUT2D eigenvalue weighted by Gasteiger charge is 2.23. The number of hydrogen-bond acceptors (Lipinski definition) is 9. The van der Waals surface area contributed by atoms with E-state index in [1.165, 1.54) is 28.6 Å². The van der Waals surface area contributed by atoms with Crippen molar-refractivity contribution in [2.45, 2.75) is 18.7 Å². The molecule has 156 valence electrons. The van der Waals surface area contributed by atoms with Crippen LogP contribution in [-0.4, -0.2) is 54.2 Å². The van der Waals surface area contributed by atoms with Gasteiger partial charge >= 0.3 is 11.0 Å². The van der Waals surface area contributed by atoms with Crippen LogP contribution in [0, 0.1) is 10.1 Å². The van der Waals surface area contributed by atoms with E-state index in [1.807, 2.05) is 0 Å². The molecule has 29 heavy (non-hydrogen) atoms. The number of anilines is 1. The minimum Gasteiger partial charge on any atom is -0.452 e. The van der Waals surface area contributed by atoms with Gasteiger partial charge in [0.15, 0.2) is 11.7 Å². The maximum Gasteiger partial charge on any atom is 0.345 e. The molecule has 0 bridgehead atoms. The van der Waals surface area contributed by atoms with Gasteiger partial charge in [-0.05, 0) is 29.5 Å². The van der Waals surface area contributed by atoms with Gasteiger partial charge in [-0.1, -0.05) is 19.9 Å². The first-order valence-corrected chi connectivity index (χ1v) is 10.6. The molecule has 0 spiro atoms. The van der Waals surface area contributed by atoms with Crippen molar-refractivity contribution < 1.29 is 27.7 Å². The summed E-state index contributed by atoms with van der Waals surface area (Å²) in [6.07, 6.45) is 0.994. The van der Waals surface area contributed by atoms with E-state index < -0.39 is 33.4 Å². The van der Waals surface area contributed by atoms with E-state index in [9.17, 15) is 28.1 Å². The Kier molecular flexibility index (Phi) is 7.36. The van der Waals surface area contributed by atoms with Crippen molar-refractivity contribution in [1.82, 2.24) is 9.29 Å². The normalized spacial score (nSPS) is 11.3. The molecular weight excluding hydrogens is 424 g/mol. The summed E-state index contributed by atoms with van der Waals surface area (Å²) in [6, 6.07) is 5.32. The summed E-state index contributed by atoms with van der Waals surface area (Å²) in [5.41, 5.74) is -0.0316. The number of carbonyl (C=O) groups is 2. The molecule has 1 N–H and O–H groups in total. The zero-order valence-corrected chi connectivity index (χ0v) is 17.2. The van der Waals surface area contributed by atoms with Crippen molar-refractivity contribution >= 4 is 43.4 Å². The third-order valence-electron chi connectivity index (χ3n) is 3.67. The van der Waals surface area contributed by atoms with E-state index in [2.05, 4.69) is 10.3 Å². The molecule has 0 radical (unpaired) electrons. The van der Waals surface area contributed by atoms with E-state index in [0.29, 0.717) is 11.3 Å². The third kappa shape index (κ3) is 5.56. The number of nitro groups is 1. The molecule has 0 saturated heterocycles. The highest BCUT2D eigenvalue weighted by Crippen LogP contribution is 2.24. The summed E-state index contributed by atoms with van der Waals surface area (Å²) in [7, 11) is -3.75. The van der Waals surface area contributed by atoms with E-state index in [4.69, 9.17) is 4.74 Å². The Morgan fingerprint density at radius 1 is 1.31 bits per heavy atom. The number of benzene rings is 1. The maximum absolute atomic E-state index is 12.5. The molecule has 0 aliphatic carbocycles. The average molecular weight is 442 g/mol. The number of sulfonamides is 1. The van der Waals surface area contributed by atoms with Crippen LogP contribution >= 0.6 is 11.3 Å². The largest absolute Gasteiger partial charge is 0.452 e. The standard InChI is InChI=1S/C16H18N4O7S2/c1-3-19(4-2)29(25,26)12-7-5-6-11(8-12)15(22)27-10-13(21)18-16-17-9-14(28-16)20(23)24/h5-9H,3-4,10H2,1-2H3,(H,17,18,21). The number of carbonyl (C=O) groups excluding carboxylic acids is 2. The van der Waals surface area contributed by atoms with E-state index >= 15 is 0 Å². The van der Waals surface area contributed by atoms with Gasteiger partial charge < -0.3 is 4.74 Å². The van der Waals surface area contributed by atoms with Crippen LogP contribution in [-0.2, 0) is 19.6 Å². The number of aromatic nitrogens is 1. The predicted molar refractivity (Wildman–Crippen MR) is 104 cm³/mol. The van der Waals surface area contributed by atoms with E-state index in [1.54, 1.807) is 13.8 Å². The summed E-state index contributed by atoms with van der Waals surface area (Å²) in [4.78, 5) is 37.6. The van der Waals surface area contributed by atoms with Crippen molar-refractivity contribution in [3.05, 3.63) is 46.1 Å². The minimum atomic E-state index is -3.75. The molecule has 1 amide bonds. The van der Waals surface area contributed by atoms with Gasteiger partial charge in [-0.3, -0.25) is 20.2 Å². The lowest BCUT2D eigenvalue weighted by molar-refractivity contribution is -0.380. The predicted octanol–water partition coefficient (Wildman–Crippen LogP) is 1.88. The first kappa shape index (κ1) is 22.4. The molecule has 2 aromatic rings. The van der Waals surface area contributed by atoms with Gasteiger partial charge in [0, 0.05) is 13.1 Å². The average Bonchev–Trinajstić information content (AvgIpc) is 3.15. The lowest BCUT2D eigenvalue weighted by Gasteiger charge is -2.18. The van der Waals surface area contributed by atoms with Crippen molar-refractivity contribution in [1.29, 1.82) is 0 Å². The van der Waals surface area contributed by atoms with Crippen LogP contribution in [0.1, 0.15) is 24.2 Å². The molecular formula is C16H18N4O7S2. The molecule has 0 aliphatic heterocycles. The van der Waals surface area contributed by atoms with Gasteiger partial charge in [-0.15, -0.1) is 0 Å². The molecule has 0 unspecified atom stereocenters. The van der Waals surface area contributed by atoms with Crippen LogP contribution in [0.25, 0.3) is 0 Å². The Labute approximate surface area is 170 Å². The van der Waals surface area contributed by atoms with Crippen LogP contribution < -0.4 is 5.32 Å². The summed E-state index contributed by atoms with van der Waals surface area (Å²) in [5.74, 6) is -1.63. The second-order valence-corrected chi connectivity index (χ2v) is 8.45. The maximum atomic E-state index is 12.5. The molecule has 11 nitrogen and oxygen atoms in total. The highest BCUT2D eigenvalue weighted by atomic mass is 32.2. The van der Waals surface area contributed by atoms with Crippen LogP contribution in [0.4, 0.5) is 10.1 Å². The Bertz CT molecular complexity index is 1020. The van der Waals surface area contributed by atoms with Crippen LogP contribution in [0.3, 0.4) is 0 Å². The monoisotopic (exact) mass is 442 g/mol. The van der Waals surface area contributed by atoms with Crippen LogP contribution in [0.2, 0.25) is 0 Å². The van der Waals surface area contributed by atoms with Gasteiger partial charge in [-0.2, -0.15) is 4.31 Å². The zero-order chi connectivity index (χ0) is 21.6. The first-order chi connectivity index (χ1) is 13.7. The topological polar surface area (TPSA) is 149 Å². The summed E-state index contributed by atoms with van der Waals surface area (Å²) < 4.78 is 31.2. The summed E-state index contributed by atoms with van der Waals surface area (Å²) in [6.45, 7) is 3.30. The summed E-state index contributed by atoms with van der Waals surface area (Å²) in [5, 5.41) is 12.6. The number of rotatable bonds is 9. The Balaban J connectivity index is 2.02. The quantitative estimate of drug-likeness (QED) is 0.351. The minimum absolute atomic E-state index is 0.00920. The summed E-state index contributed by atoms with van der Waals surface area (Å²) >= 11 is 0.658. The fourth-order valence-electron chi connectivity index (χ4n) is 2.27. The smallest absolute Gasteiger partial charge is 0.345 e. The van der Waals surface area contributed by atoms with E-state index in [0.717, 1.165) is 6.20 Å². The van der Waals surface area contributed by atoms with Gasteiger partial charge in [0.1, 0.15) is 6.20 Å². The zero-order valence-electron chi connectivity index (χ0n) is 15.5. The number of esters is 1. The second-order valence-electron chi connectivity index (χ2n) is 5.50. The molecule has 1 heterocycles. The SMILES string of the molecule is CCN(CC)S(=O)(=O)c1cccc(C(=O)OCC(=O)Nc2ncc([N+](=O)[O-])s2)c1. The number of ether oxygens (including phenoxy) is 1. The molecule has 1 aromatic heterocycles. The van der Waals surface area contributed by atoms with Crippen LogP contribution in [0.15, 0.2) is 35.4 Å². The Hall–Kier alpha value is -2.90. The van der Waals surface area contributed by atoms with Gasteiger partial charge in [0.25, 0.3) is 5.91 Å². The molecule has 0 fully saturated rings. The second kappa shape index (κ2) is 9.54. The fraction of sp³-hybridized carbons (Fsp3) is 0.312. The first-order valence-electron chi connectivity index (χ1n) is 8.36. The van der Waals surface area contributed by atoms with Crippen molar-refractivity contribution in [3.63, 3.8) is 0 Å². The molecule has 1 aromatic carbocycles. The highest BCUT2D eigenvalue weighted by molar-refractivity contribution is 7.89. The molecule has 13 heteroatoms. The fourth-order valence-corrected chi connectivity index (χ4v) is 4.43. The van der Waals surface area contributed by atoms with Crippen molar-refractivity contribution in [3.8, 4) is 0 Å². The lowest BCUT2D eigenvalue weighted by Crippen LogP contribution is -2.30. The van der Waals surface area contributed by atoms with Crippen molar-refractivity contribution in [2.24, 2.45) is 0 Å². The number of amides is 1. The van der Waals surface area contributed by atoms with Crippen molar-refractivity contribution in [2.75, 3.05) is 25.0 Å². The third-order valence-corrected chi connectivity index (χ3v) is 6.58. The molecule has 2 rings (SSSR count). The molecule has 0 atom stereocenters. The number of nitrogens with one attached hydrogen (secondary N) is 1. The molecule has 0 aliphatic rings. The van der Waals surface area contributed by atoms with Gasteiger partial charge in [0.2, 0.25) is 10.0 Å². The van der Waals surface area contributed by atoms with Crippen LogP contribution in [0.5, 0.6) is 0 Å². The number of thiazole rings is 1. The molecule has 0 saturated carbocycles. The number of nitrogens with zero attached hydrogens (tertiary/aromatic N) is 3. The Morgan fingerprint density at radius 2 is 2.00 bits per heavy atom. The number of hydrogen-bond donors (Lipinski definition) is 1.